The summed E-state index contributed by atoms with van der Waals surface area (Å²) in [4.78, 5) is 15.9. The van der Waals surface area contributed by atoms with Crippen LogP contribution in [0.1, 0.15) is 38.2 Å². The lowest BCUT2D eigenvalue weighted by Crippen LogP contribution is -2.40. The van der Waals surface area contributed by atoms with Crippen molar-refractivity contribution in [2.75, 3.05) is 11.7 Å². The Kier molecular flexibility index (Phi) is 5.20. The number of halogens is 1. The molecular weight excluding hydrogens is 474 g/mol. The summed E-state index contributed by atoms with van der Waals surface area (Å²) in [6.45, 7) is 4.38. The van der Waals surface area contributed by atoms with E-state index in [4.69, 9.17) is 21.1 Å². The van der Waals surface area contributed by atoms with Gasteiger partial charge in [0.25, 0.3) is 0 Å². The summed E-state index contributed by atoms with van der Waals surface area (Å²) in [5, 5.41) is 11.2. The summed E-state index contributed by atoms with van der Waals surface area (Å²) in [6.07, 6.45) is 4.92. The van der Waals surface area contributed by atoms with Crippen LogP contribution in [0.25, 0.3) is 5.82 Å². The van der Waals surface area contributed by atoms with Crippen molar-refractivity contribution in [2.45, 2.75) is 32.6 Å². The number of carbonyl (C=O) groups is 1. The first-order valence-electron chi connectivity index (χ1n) is 11.9. The largest absolute Gasteiger partial charge is 0.454 e. The van der Waals surface area contributed by atoms with Crippen molar-refractivity contribution >= 4 is 28.9 Å². The lowest BCUT2D eigenvalue weighted by molar-refractivity contribution is -0.118. The number of benzene rings is 2. The highest BCUT2D eigenvalue weighted by molar-refractivity contribution is 6.30. The first-order valence-corrected chi connectivity index (χ1v) is 12.2. The van der Waals surface area contributed by atoms with E-state index in [1.165, 1.54) is 0 Å². The molecule has 0 fully saturated rings. The molecule has 180 valence electrons. The minimum absolute atomic E-state index is 0.0512. The number of hydrogen-bond acceptors (Lipinski definition) is 5. The van der Waals surface area contributed by atoms with E-state index >= 15 is 0 Å². The molecule has 36 heavy (non-hydrogen) atoms. The molecule has 0 amide bonds. The highest BCUT2D eigenvalue weighted by Crippen LogP contribution is 2.53. The number of hydrogen-bond donors (Lipinski definition) is 0. The van der Waals surface area contributed by atoms with Crippen LogP contribution in [0.3, 0.4) is 0 Å². The molecule has 0 N–H and O–H groups in total. The number of anilines is 1. The van der Waals surface area contributed by atoms with Crippen LogP contribution in [-0.2, 0) is 4.79 Å². The van der Waals surface area contributed by atoms with Gasteiger partial charge in [-0.1, -0.05) is 37.6 Å². The third-order valence-corrected chi connectivity index (χ3v) is 7.20. The van der Waals surface area contributed by atoms with Gasteiger partial charge in [0.05, 0.1) is 17.6 Å². The SMILES string of the molecule is CC1(C)CC(=O)C2=C(C1)N(c1cccc(Cl)c1)C(n1cccc1)=C(C#N)[C@H]2c1ccc2c(c1)OCO2. The number of ether oxygens (including phenoxy) is 2. The highest BCUT2D eigenvalue weighted by Gasteiger charge is 2.45. The molecule has 0 spiro atoms. The van der Waals surface area contributed by atoms with Gasteiger partial charge in [-0.05, 0) is 59.9 Å². The summed E-state index contributed by atoms with van der Waals surface area (Å²) in [5.41, 5.74) is 3.42. The number of fused-ring (bicyclic) bond motifs is 1. The molecular formula is C29H24ClN3O3. The van der Waals surface area contributed by atoms with Crippen molar-refractivity contribution in [2.24, 2.45) is 5.41 Å². The van der Waals surface area contributed by atoms with Crippen LogP contribution in [0.2, 0.25) is 5.02 Å². The number of ketones is 1. The monoisotopic (exact) mass is 497 g/mol. The first-order chi connectivity index (χ1) is 17.4. The molecule has 6 nitrogen and oxygen atoms in total. The molecule has 1 aliphatic carbocycles. The van der Waals surface area contributed by atoms with Gasteiger partial charge in [-0.3, -0.25) is 9.69 Å². The Hall–Kier alpha value is -3.95. The first kappa shape index (κ1) is 22.5. The molecule has 7 heteroatoms. The van der Waals surface area contributed by atoms with Crippen LogP contribution < -0.4 is 14.4 Å². The predicted molar refractivity (Wildman–Crippen MR) is 138 cm³/mol. The number of nitriles is 1. The molecule has 0 unspecified atom stereocenters. The van der Waals surface area contributed by atoms with Crippen molar-refractivity contribution in [1.29, 1.82) is 5.26 Å². The normalized spacial score (nSPS) is 20.4. The summed E-state index contributed by atoms with van der Waals surface area (Å²) in [6, 6.07) is 19.5. The Balaban J connectivity index is 1.67. The number of allylic oxidation sites excluding steroid dienone is 3. The maximum atomic E-state index is 13.9. The van der Waals surface area contributed by atoms with Crippen LogP contribution >= 0.6 is 11.6 Å². The minimum Gasteiger partial charge on any atom is -0.454 e. The second-order valence-corrected chi connectivity index (χ2v) is 10.5. The van der Waals surface area contributed by atoms with Crippen LogP contribution in [0.5, 0.6) is 11.5 Å². The van der Waals surface area contributed by atoms with Gasteiger partial charge in [0, 0.05) is 40.8 Å². The Labute approximate surface area is 214 Å². The van der Waals surface area contributed by atoms with Crippen molar-refractivity contribution < 1.29 is 14.3 Å². The topological polar surface area (TPSA) is 67.5 Å². The predicted octanol–water partition coefficient (Wildman–Crippen LogP) is 6.51. The van der Waals surface area contributed by atoms with E-state index in [1.807, 2.05) is 76.5 Å². The lowest BCUT2D eigenvalue weighted by Gasteiger charge is -2.45. The number of carbonyl (C=O) groups excluding carboxylic acids is 1. The van der Waals surface area contributed by atoms with Gasteiger partial charge in [-0.15, -0.1) is 0 Å². The van der Waals surface area contributed by atoms with E-state index < -0.39 is 5.92 Å². The van der Waals surface area contributed by atoms with Gasteiger partial charge >= 0.3 is 0 Å². The lowest BCUT2D eigenvalue weighted by atomic mass is 9.68. The van der Waals surface area contributed by atoms with Crippen molar-refractivity contribution in [3.05, 3.63) is 94.4 Å². The standard InChI is InChI=1S/C29H24ClN3O3/c1-29(2)14-22-27(23(34)15-29)26(18-8-9-24-25(12-18)36-17-35-24)21(16-31)28(32-10-3-4-11-32)33(22)20-7-5-6-19(30)13-20/h3-13,26H,14-15,17H2,1-2H3/t26-/m1/s1. The second kappa shape index (κ2) is 8.32. The Morgan fingerprint density at radius 3 is 2.56 bits per heavy atom. The quantitative estimate of drug-likeness (QED) is 0.412. The third kappa shape index (κ3) is 3.59. The molecule has 1 atom stereocenters. The average molecular weight is 498 g/mol. The molecule has 0 bridgehead atoms. The molecule has 2 aromatic carbocycles. The molecule has 3 aliphatic rings. The average Bonchev–Trinajstić information content (AvgIpc) is 3.53. The van der Waals surface area contributed by atoms with Crippen LogP contribution in [0.4, 0.5) is 5.69 Å². The fourth-order valence-electron chi connectivity index (χ4n) is 5.51. The summed E-state index contributed by atoms with van der Waals surface area (Å²) < 4.78 is 13.1. The maximum absolute atomic E-state index is 13.9. The van der Waals surface area contributed by atoms with Crippen molar-refractivity contribution in [3.63, 3.8) is 0 Å². The summed E-state index contributed by atoms with van der Waals surface area (Å²) in [7, 11) is 0. The molecule has 3 aromatic rings. The minimum atomic E-state index is -0.532. The summed E-state index contributed by atoms with van der Waals surface area (Å²) >= 11 is 6.42. The fourth-order valence-corrected chi connectivity index (χ4v) is 5.70. The van der Waals surface area contributed by atoms with Gasteiger partial charge in [-0.2, -0.15) is 5.26 Å². The molecule has 0 saturated carbocycles. The number of aromatic nitrogens is 1. The van der Waals surface area contributed by atoms with Crippen LogP contribution in [-0.4, -0.2) is 17.1 Å². The van der Waals surface area contributed by atoms with Gasteiger partial charge in [0.1, 0.15) is 5.82 Å². The number of nitrogens with zero attached hydrogens (tertiary/aromatic N) is 3. The number of Topliss-reactive ketones (excluding diaryl/α,β-unsaturated/α-hetero) is 1. The fraction of sp³-hybridized carbons (Fsp3) is 0.241. The smallest absolute Gasteiger partial charge is 0.231 e. The Morgan fingerprint density at radius 2 is 1.81 bits per heavy atom. The van der Waals surface area contributed by atoms with Crippen molar-refractivity contribution in [1.82, 2.24) is 4.57 Å². The van der Waals surface area contributed by atoms with E-state index in [1.54, 1.807) is 0 Å². The van der Waals surface area contributed by atoms with E-state index in [0.717, 1.165) is 16.9 Å². The van der Waals surface area contributed by atoms with E-state index in [0.29, 0.717) is 46.3 Å². The van der Waals surface area contributed by atoms with E-state index in [2.05, 4.69) is 19.9 Å². The van der Waals surface area contributed by atoms with Gasteiger partial charge in [-0.25, -0.2) is 0 Å². The van der Waals surface area contributed by atoms with Gasteiger partial charge in [0.2, 0.25) is 6.79 Å². The van der Waals surface area contributed by atoms with Crippen LogP contribution in [0.15, 0.2) is 83.8 Å². The molecule has 1 aromatic heterocycles. The van der Waals surface area contributed by atoms with Gasteiger partial charge < -0.3 is 14.0 Å². The van der Waals surface area contributed by atoms with Gasteiger partial charge in [0.15, 0.2) is 17.3 Å². The Morgan fingerprint density at radius 1 is 1.03 bits per heavy atom. The molecule has 2 aliphatic heterocycles. The van der Waals surface area contributed by atoms with Crippen molar-refractivity contribution in [3.8, 4) is 17.6 Å². The molecule has 3 heterocycles. The maximum Gasteiger partial charge on any atom is 0.231 e. The van der Waals surface area contributed by atoms with E-state index in [-0.39, 0.29) is 18.0 Å². The molecule has 6 rings (SSSR count). The summed E-state index contributed by atoms with van der Waals surface area (Å²) in [5.74, 6) is 1.49. The molecule has 0 radical (unpaired) electrons. The second-order valence-electron chi connectivity index (χ2n) is 10.1. The molecule has 0 saturated heterocycles. The zero-order valence-corrected chi connectivity index (χ0v) is 20.7. The zero-order valence-electron chi connectivity index (χ0n) is 20.0. The zero-order chi connectivity index (χ0) is 25.0. The van der Waals surface area contributed by atoms with E-state index in [9.17, 15) is 10.1 Å². The van der Waals surface area contributed by atoms with Crippen LogP contribution in [0, 0.1) is 16.7 Å². The third-order valence-electron chi connectivity index (χ3n) is 6.96. The Bertz CT molecular complexity index is 1490. The highest BCUT2D eigenvalue weighted by atomic mass is 35.5. The number of rotatable bonds is 3.